The molecule has 0 saturated carbocycles. The van der Waals surface area contributed by atoms with E-state index in [0.717, 1.165) is 16.1 Å². The summed E-state index contributed by atoms with van der Waals surface area (Å²) in [5.41, 5.74) is 2.85. The van der Waals surface area contributed by atoms with Crippen molar-refractivity contribution >= 4 is 28.8 Å². The summed E-state index contributed by atoms with van der Waals surface area (Å²) in [5, 5.41) is 14.5. The van der Waals surface area contributed by atoms with Crippen LogP contribution in [0.4, 0.5) is 10.1 Å². The Hall–Kier alpha value is -3.78. The average Bonchev–Trinajstić information content (AvgIpc) is 3.44. The normalized spacial score (nSPS) is 10.6. The van der Waals surface area contributed by atoms with Crippen LogP contribution in [0.3, 0.4) is 0 Å². The van der Waals surface area contributed by atoms with Crippen LogP contribution in [-0.4, -0.2) is 22.0 Å². The summed E-state index contributed by atoms with van der Waals surface area (Å²) in [7, 11) is 0. The van der Waals surface area contributed by atoms with Crippen LogP contribution in [0.2, 0.25) is 0 Å². The molecular formula is C22H17FN4O2S. The van der Waals surface area contributed by atoms with E-state index >= 15 is 0 Å². The molecular weight excluding hydrogens is 403 g/mol. The maximum atomic E-state index is 13.0. The molecule has 0 radical (unpaired) electrons. The maximum Gasteiger partial charge on any atom is 0.272 e. The lowest BCUT2D eigenvalue weighted by Gasteiger charge is -2.08. The quantitative estimate of drug-likeness (QED) is 0.430. The van der Waals surface area contributed by atoms with Gasteiger partial charge < -0.3 is 10.6 Å². The summed E-state index contributed by atoms with van der Waals surface area (Å²) in [6.07, 6.45) is 0. The molecule has 2 aromatic heterocycles. The lowest BCUT2D eigenvalue weighted by atomic mass is 10.1. The van der Waals surface area contributed by atoms with E-state index in [4.69, 9.17) is 0 Å². The number of aromatic amines is 1. The SMILES string of the molecule is O=C(Nc1cccc(CNC(=O)c2cc(-c3cccs3)[nH]n2)c1)c1ccc(F)cc1. The highest BCUT2D eigenvalue weighted by Crippen LogP contribution is 2.23. The first-order chi connectivity index (χ1) is 14.6. The molecule has 0 unspecified atom stereocenters. The highest BCUT2D eigenvalue weighted by Gasteiger charge is 2.12. The van der Waals surface area contributed by atoms with E-state index in [0.29, 0.717) is 16.9 Å². The summed E-state index contributed by atoms with van der Waals surface area (Å²) >= 11 is 1.56. The van der Waals surface area contributed by atoms with Gasteiger partial charge in [0, 0.05) is 17.8 Å². The Labute approximate surface area is 175 Å². The number of H-pyrrole nitrogens is 1. The van der Waals surface area contributed by atoms with Crippen molar-refractivity contribution in [1.29, 1.82) is 0 Å². The lowest BCUT2D eigenvalue weighted by molar-refractivity contribution is 0.0945. The number of halogens is 1. The Balaban J connectivity index is 1.37. The molecule has 2 heterocycles. The Kier molecular flexibility index (Phi) is 5.67. The van der Waals surface area contributed by atoms with E-state index in [1.54, 1.807) is 35.6 Å². The standard InChI is InChI=1S/C22H17FN4O2S/c23-16-8-6-15(7-9-16)21(28)25-17-4-1-3-14(11-17)13-24-22(29)19-12-18(26-27-19)20-5-2-10-30-20/h1-12H,13H2,(H,24,29)(H,25,28)(H,26,27). The monoisotopic (exact) mass is 420 g/mol. The van der Waals surface area contributed by atoms with Gasteiger partial charge in [0.2, 0.25) is 0 Å². The number of thiophene rings is 1. The number of nitrogens with zero attached hydrogens (tertiary/aromatic N) is 1. The van der Waals surface area contributed by atoms with Crippen LogP contribution in [0.5, 0.6) is 0 Å². The highest BCUT2D eigenvalue weighted by molar-refractivity contribution is 7.13. The highest BCUT2D eigenvalue weighted by atomic mass is 32.1. The number of carbonyl (C=O) groups excluding carboxylic acids is 2. The Bertz CT molecular complexity index is 1170. The van der Waals surface area contributed by atoms with E-state index in [2.05, 4.69) is 20.8 Å². The second kappa shape index (κ2) is 8.71. The van der Waals surface area contributed by atoms with Gasteiger partial charge in [-0.3, -0.25) is 14.7 Å². The van der Waals surface area contributed by atoms with Crippen molar-refractivity contribution in [3.8, 4) is 10.6 Å². The molecule has 6 nitrogen and oxygen atoms in total. The minimum absolute atomic E-state index is 0.278. The molecule has 4 aromatic rings. The molecule has 0 aliphatic heterocycles. The minimum Gasteiger partial charge on any atom is -0.347 e. The lowest BCUT2D eigenvalue weighted by Crippen LogP contribution is -2.23. The average molecular weight is 420 g/mol. The number of amides is 2. The Morgan fingerprint density at radius 3 is 2.60 bits per heavy atom. The second-order valence-corrected chi connectivity index (χ2v) is 7.44. The zero-order chi connectivity index (χ0) is 20.9. The number of hydrogen-bond acceptors (Lipinski definition) is 4. The number of anilines is 1. The summed E-state index contributed by atoms with van der Waals surface area (Å²) in [6.45, 7) is 0.278. The predicted octanol–water partition coefficient (Wildman–Crippen LogP) is 4.46. The summed E-state index contributed by atoms with van der Waals surface area (Å²) in [6, 6.07) is 18.0. The molecule has 3 N–H and O–H groups in total. The van der Waals surface area contributed by atoms with Crippen LogP contribution in [0, 0.1) is 5.82 Å². The molecule has 2 amide bonds. The first-order valence-electron chi connectivity index (χ1n) is 9.12. The van der Waals surface area contributed by atoms with Crippen molar-refractivity contribution in [3.05, 3.63) is 94.7 Å². The van der Waals surface area contributed by atoms with Gasteiger partial charge in [-0.1, -0.05) is 18.2 Å². The number of rotatable bonds is 6. The molecule has 0 aliphatic rings. The van der Waals surface area contributed by atoms with Gasteiger partial charge in [0.25, 0.3) is 11.8 Å². The summed E-state index contributed by atoms with van der Waals surface area (Å²) in [4.78, 5) is 25.7. The fourth-order valence-corrected chi connectivity index (χ4v) is 3.52. The van der Waals surface area contributed by atoms with Gasteiger partial charge in [0.15, 0.2) is 5.69 Å². The molecule has 0 atom stereocenters. The molecule has 0 spiro atoms. The molecule has 2 aromatic carbocycles. The molecule has 8 heteroatoms. The van der Waals surface area contributed by atoms with Crippen molar-refractivity contribution in [2.75, 3.05) is 5.32 Å². The number of aromatic nitrogens is 2. The molecule has 0 aliphatic carbocycles. The summed E-state index contributed by atoms with van der Waals surface area (Å²) < 4.78 is 13.0. The molecule has 150 valence electrons. The largest absolute Gasteiger partial charge is 0.347 e. The van der Waals surface area contributed by atoms with E-state index in [1.807, 2.05) is 23.6 Å². The third-order valence-corrected chi connectivity index (χ3v) is 5.24. The van der Waals surface area contributed by atoms with Gasteiger partial charge in [0.1, 0.15) is 5.82 Å². The van der Waals surface area contributed by atoms with E-state index < -0.39 is 5.82 Å². The fraction of sp³-hybridized carbons (Fsp3) is 0.0455. The van der Waals surface area contributed by atoms with Crippen molar-refractivity contribution in [2.45, 2.75) is 6.54 Å². The van der Waals surface area contributed by atoms with Gasteiger partial charge in [-0.15, -0.1) is 11.3 Å². The predicted molar refractivity (Wildman–Crippen MR) is 114 cm³/mol. The number of benzene rings is 2. The first kappa shape index (κ1) is 19.5. The number of carbonyl (C=O) groups is 2. The fourth-order valence-electron chi connectivity index (χ4n) is 2.83. The second-order valence-electron chi connectivity index (χ2n) is 6.49. The van der Waals surface area contributed by atoms with Gasteiger partial charge in [-0.05, 0) is 59.5 Å². The minimum atomic E-state index is -0.399. The Morgan fingerprint density at radius 2 is 1.83 bits per heavy atom. The van der Waals surface area contributed by atoms with Gasteiger partial charge in [-0.25, -0.2) is 4.39 Å². The smallest absolute Gasteiger partial charge is 0.272 e. The van der Waals surface area contributed by atoms with Gasteiger partial charge >= 0.3 is 0 Å². The van der Waals surface area contributed by atoms with Crippen LogP contribution >= 0.6 is 11.3 Å². The van der Waals surface area contributed by atoms with Gasteiger partial charge in [-0.2, -0.15) is 5.10 Å². The number of hydrogen-bond donors (Lipinski definition) is 3. The van der Waals surface area contributed by atoms with Crippen molar-refractivity contribution in [1.82, 2.24) is 15.5 Å². The summed E-state index contributed by atoms with van der Waals surface area (Å²) in [5.74, 6) is -1.03. The molecule has 0 fully saturated rings. The number of nitrogens with one attached hydrogen (secondary N) is 3. The first-order valence-corrected chi connectivity index (χ1v) is 10.00. The van der Waals surface area contributed by atoms with Crippen LogP contribution in [0.1, 0.15) is 26.4 Å². The molecule has 0 saturated heterocycles. The Morgan fingerprint density at radius 1 is 1.00 bits per heavy atom. The molecule has 0 bridgehead atoms. The van der Waals surface area contributed by atoms with Crippen molar-refractivity contribution < 1.29 is 14.0 Å². The van der Waals surface area contributed by atoms with Crippen LogP contribution < -0.4 is 10.6 Å². The van der Waals surface area contributed by atoms with Crippen LogP contribution in [0.25, 0.3) is 10.6 Å². The zero-order valence-electron chi connectivity index (χ0n) is 15.7. The third-order valence-electron chi connectivity index (χ3n) is 4.34. The van der Waals surface area contributed by atoms with Crippen molar-refractivity contribution in [2.24, 2.45) is 0 Å². The van der Waals surface area contributed by atoms with E-state index in [9.17, 15) is 14.0 Å². The van der Waals surface area contributed by atoms with Crippen LogP contribution in [-0.2, 0) is 6.54 Å². The molecule has 30 heavy (non-hydrogen) atoms. The molecule has 4 rings (SSSR count). The van der Waals surface area contributed by atoms with Crippen molar-refractivity contribution in [3.63, 3.8) is 0 Å². The third kappa shape index (κ3) is 4.61. The van der Waals surface area contributed by atoms with E-state index in [-0.39, 0.29) is 18.4 Å². The topological polar surface area (TPSA) is 86.9 Å². The van der Waals surface area contributed by atoms with Crippen LogP contribution in [0.15, 0.2) is 72.1 Å². The van der Waals surface area contributed by atoms with Gasteiger partial charge in [0.05, 0.1) is 10.6 Å². The maximum absolute atomic E-state index is 13.0. The zero-order valence-corrected chi connectivity index (χ0v) is 16.5. The van der Waals surface area contributed by atoms with E-state index in [1.165, 1.54) is 24.3 Å².